The van der Waals surface area contributed by atoms with E-state index in [9.17, 15) is 0 Å². The fourth-order valence-corrected chi connectivity index (χ4v) is 3.92. The topological polar surface area (TPSA) is 18.5 Å². The number of hydrogen-bond acceptors (Lipinski definition) is 2. The van der Waals surface area contributed by atoms with Crippen LogP contribution < -0.4 is 0 Å². The Morgan fingerprint density at radius 1 is 0.652 bits per heavy atom. The molecule has 0 heterocycles. The Morgan fingerprint density at radius 3 is 1.78 bits per heavy atom. The number of unbranched alkanes of at least 4 members (excludes halogenated alkanes) is 8. The summed E-state index contributed by atoms with van der Waals surface area (Å²) < 4.78 is 11.6. The second-order valence-electron chi connectivity index (χ2n) is 6.19. The van der Waals surface area contributed by atoms with E-state index in [2.05, 4.69) is 44.7 Å². The Morgan fingerprint density at radius 2 is 1.22 bits per heavy atom. The monoisotopic (exact) mass is 340 g/mol. The van der Waals surface area contributed by atoms with E-state index in [1.165, 1.54) is 57.8 Å². The van der Waals surface area contributed by atoms with Gasteiger partial charge < -0.3 is 8.85 Å². The first-order valence-electron chi connectivity index (χ1n) is 9.91. The molecule has 0 unspecified atom stereocenters. The largest absolute Gasteiger partial charge is 0.394 e. The first-order chi connectivity index (χ1) is 11.3. The molecule has 0 spiro atoms. The molecule has 0 aliphatic rings. The van der Waals surface area contributed by atoms with Gasteiger partial charge in [-0.25, -0.2) is 0 Å². The van der Waals surface area contributed by atoms with Gasteiger partial charge in [-0.3, -0.25) is 0 Å². The average Bonchev–Trinajstić information content (AvgIpc) is 2.57. The second-order valence-corrected chi connectivity index (χ2v) is 7.97. The lowest BCUT2D eigenvalue weighted by Crippen LogP contribution is -2.21. The van der Waals surface area contributed by atoms with Crippen molar-refractivity contribution in [3.63, 3.8) is 0 Å². The van der Waals surface area contributed by atoms with Crippen molar-refractivity contribution in [1.82, 2.24) is 0 Å². The van der Waals surface area contributed by atoms with Crippen LogP contribution in [0.2, 0.25) is 0 Å². The molecule has 0 saturated heterocycles. The van der Waals surface area contributed by atoms with Crippen LogP contribution in [0.15, 0.2) is 23.9 Å². The summed E-state index contributed by atoms with van der Waals surface area (Å²) >= 11 is 0. The maximum absolute atomic E-state index is 5.79. The molecule has 3 heteroatoms. The zero-order chi connectivity index (χ0) is 17.0. The molecule has 23 heavy (non-hydrogen) atoms. The number of hydrogen-bond donors (Lipinski definition) is 0. The van der Waals surface area contributed by atoms with E-state index in [0.29, 0.717) is 0 Å². The minimum Gasteiger partial charge on any atom is -0.394 e. The summed E-state index contributed by atoms with van der Waals surface area (Å²) in [5.41, 5.74) is 2.15. The Labute approximate surface area is 147 Å². The molecule has 0 N–H and O–H groups in total. The van der Waals surface area contributed by atoms with Crippen molar-refractivity contribution in [1.29, 1.82) is 0 Å². The van der Waals surface area contributed by atoms with Crippen LogP contribution in [0.3, 0.4) is 0 Å². The van der Waals surface area contributed by atoms with Gasteiger partial charge in [-0.05, 0) is 31.4 Å². The van der Waals surface area contributed by atoms with Crippen molar-refractivity contribution in [2.75, 3.05) is 13.2 Å². The van der Waals surface area contributed by atoms with E-state index in [-0.39, 0.29) is 0 Å². The quantitative estimate of drug-likeness (QED) is 0.177. The van der Waals surface area contributed by atoms with E-state index in [1.54, 1.807) is 0 Å². The smallest absolute Gasteiger partial charge is 0.348 e. The van der Waals surface area contributed by atoms with Crippen LogP contribution in [-0.2, 0) is 8.85 Å². The predicted octanol–water partition coefficient (Wildman–Crippen LogP) is 6.24. The highest BCUT2D eigenvalue weighted by Gasteiger charge is 2.07. The molecule has 0 amide bonds. The van der Waals surface area contributed by atoms with E-state index in [0.717, 1.165) is 26.1 Å². The van der Waals surface area contributed by atoms with Crippen molar-refractivity contribution in [3.05, 3.63) is 23.9 Å². The Balaban J connectivity index is 3.60. The summed E-state index contributed by atoms with van der Waals surface area (Å²) in [5, 5.41) is 0. The van der Waals surface area contributed by atoms with E-state index in [1.807, 2.05) is 0 Å². The summed E-state index contributed by atoms with van der Waals surface area (Å²) in [4.78, 5) is 0. The van der Waals surface area contributed by atoms with Gasteiger partial charge in [0.05, 0.1) is 0 Å². The third kappa shape index (κ3) is 17.8. The highest BCUT2D eigenvalue weighted by atomic mass is 28.3. The second kappa shape index (κ2) is 19.7. The standard InChI is InChI=1S/C20H40O2Si/c1-4-7-8-9-10-11-12-13-14-15-16-17-20-23(21-18-5-2)22-19-6-3/h15-17,20,23H,4-14,18-19H2,1-3H3. The Hall–Kier alpha value is -0.383. The van der Waals surface area contributed by atoms with Crippen molar-refractivity contribution >= 4 is 9.28 Å². The normalized spacial score (nSPS) is 12.2. The van der Waals surface area contributed by atoms with Crippen molar-refractivity contribution in [2.24, 2.45) is 0 Å². The summed E-state index contributed by atoms with van der Waals surface area (Å²) in [5.74, 6) is 0. The SMILES string of the molecule is CCCCCCCCCCC=CC=C[SiH](OCCC)OCCC. The third-order valence-corrected chi connectivity index (χ3v) is 5.38. The molecule has 0 aromatic heterocycles. The zero-order valence-corrected chi connectivity index (χ0v) is 17.1. The lowest BCUT2D eigenvalue weighted by Gasteiger charge is -2.11. The van der Waals surface area contributed by atoms with Crippen molar-refractivity contribution < 1.29 is 8.85 Å². The molecule has 0 rings (SSSR count). The van der Waals surface area contributed by atoms with Gasteiger partial charge in [0, 0.05) is 13.2 Å². The van der Waals surface area contributed by atoms with Crippen LogP contribution in [0.1, 0.15) is 91.4 Å². The van der Waals surface area contributed by atoms with Gasteiger partial charge in [0.15, 0.2) is 0 Å². The highest BCUT2D eigenvalue weighted by molar-refractivity contribution is 6.50. The average molecular weight is 341 g/mol. The Kier molecular flexibility index (Phi) is 19.3. The van der Waals surface area contributed by atoms with Crippen molar-refractivity contribution in [2.45, 2.75) is 91.4 Å². The summed E-state index contributed by atoms with van der Waals surface area (Å²) in [6, 6.07) is 0. The summed E-state index contributed by atoms with van der Waals surface area (Å²) in [6.45, 7) is 8.18. The lowest BCUT2D eigenvalue weighted by molar-refractivity contribution is 0.206. The molecular weight excluding hydrogens is 300 g/mol. The predicted molar refractivity (Wildman–Crippen MR) is 105 cm³/mol. The molecule has 0 atom stereocenters. The van der Waals surface area contributed by atoms with Crippen LogP contribution >= 0.6 is 0 Å². The molecule has 136 valence electrons. The van der Waals surface area contributed by atoms with Gasteiger partial charge >= 0.3 is 9.28 Å². The van der Waals surface area contributed by atoms with Gasteiger partial charge in [-0.2, -0.15) is 0 Å². The minimum atomic E-state index is -1.59. The number of rotatable bonds is 17. The molecule has 0 aromatic carbocycles. The van der Waals surface area contributed by atoms with Crippen LogP contribution in [0.4, 0.5) is 0 Å². The third-order valence-electron chi connectivity index (χ3n) is 3.71. The fourth-order valence-electron chi connectivity index (χ4n) is 2.35. The van der Waals surface area contributed by atoms with E-state index >= 15 is 0 Å². The maximum Gasteiger partial charge on any atom is 0.348 e. The molecule has 0 aliphatic heterocycles. The summed E-state index contributed by atoms with van der Waals surface area (Å²) in [6.07, 6.45) is 21.0. The molecular formula is C20H40O2Si. The zero-order valence-electron chi connectivity index (χ0n) is 15.9. The van der Waals surface area contributed by atoms with Crippen LogP contribution in [0.5, 0.6) is 0 Å². The first kappa shape index (κ1) is 22.6. The molecule has 0 fully saturated rings. The molecule has 0 aromatic rings. The molecule has 0 bridgehead atoms. The first-order valence-corrected chi connectivity index (χ1v) is 11.5. The van der Waals surface area contributed by atoms with Crippen molar-refractivity contribution in [3.8, 4) is 0 Å². The molecule has 0 aliphatic carbocycles. The number of allylic oxidation sites excluding steroid dienone is 3. The van der Waals surface area contributed by atoms with E-state index in [4.69, 9.17) is 8.85 Å². The molecule has 0 radical (unpaired) electrons. The highest BCUT2D eigenvalue weighted by Crippen LogP contribution is 2.09. The molecule has 2 nitrogen and oxygen atoms in total. The van der Waals surface area contributed by atoms with Gasteiger partial charge in [0.25, 0.3) is 0 Å². The maximum atomic E-state index is 5.79. The van der Waals surface area contributed by atoms with Gasteiger partial charge in [-0.15, -0.1) is 0 Å². The Bertz CT molecular complexity index is 269. The lowest BCUT2D eigenvalue weighted by atomic mass is 10.1. The van der Waals surface area contributed by atoms with Crippen LogP contribution in [0, 0.1) is 0 Å². The van der Waals surface area contributed by atoms with Gasteiger partial charge in [0.2, 0.25) is 0 Å². The fraction of sp³-hybridized carbons (Fsp3) is 0.800. The van der Waals surface area contributed by atoms with E-state index < -0.39 is 9.28 Å². The van der Waals surface area contributed by atoms with Crippen LogP contribution in [-0.4, -0.2) is 22.5 Å². The van der Waals surface area contributed by atoms with Gasteiger partial charge in [-0.1, -0.05) is 83.9 Å². The van der Waals surface area contributed by atoms with Gasteiger partial charge in [0.1, 0.15) is 0 Å². The minimum absolute atomic E-state index is 0.812. The molecule has 0 saturated carbocycles. The summed E-state index contributed by atoms with van der Waals surface area (Å²) in [7, 11) is -1.59. The van der Waals surface area contributed by atoms with Crippen LogP contribution in [0.25, 0.3) is 0 Å².